The molecule has 3 N–H and O–H groups in total. The second-order valence-corrected chi connectivity index (χ2v) is 8.89. The summed E-state index contributed by atoms with van der Waals surface area (Å²) in [4.78, 5) is 26.6. The van der Waals surface area contributed by atoms with Gasteiger partial charge in [0.05, 0.1) is 16.8 Å². The first kappa shape index (κ1) is 25.0. The van der Waals surface area contributed by atoms with E-state index < -0.39 is 11.7 Å². The Morgan fingerprint density at radius 3 is 2.68 bits per heavy atom. The summed E-state index contributed by atoms with van der Waals surface area (Å²) in [5.41, 5.74) is 6.72. The van der Waals surface area contributed by atoms with Crippen molar-refractivity contribution in [1.29, 1.82) is 0 Å². The topological polar surface area (TPSA) is 101 Å². The minimum Gasteiger partial charge on any atom is -0.369 e. The number of aromatic nitrogens is 4. The summed E-state index contributed by atoms with van der Waals surface area (Å²) in [7, 11) is 0. The quantitative estimate of drug-likeness (QED) is 0.349. The molecule has 0 aliphatic carbocycles. The van der Waals surface area contributed by atoms with E-state index in [4.69, 9.17) is 5.73 Å². The van der Waals surface area contributed by atoms with Gasteiger partial charge in [0.2, 0.25) is 11.9 Å². The molecule has 1 aromatic carbocycles. The number of benzene rings is 1. The Balaban J connectivity index is 1.60. The van der Waals surface area contributed by atoms with Crippen molar-refractivity contribution in [2.75, 3.05) is 24.1 Å². The average molecular weight is 520 g/mol. The molecule has 1 amide bonds. The number of nitrogens with two attached hydrogens (primary N) is 1. The van der Waals surface area contributed by atoms with Gasteiger partial charge in [-0.1, -0.05) is 25.3 Å². The molecule has 4 heterocycles. The van der Waals surface area contributed by atoms with E-state index in [9.17, 15) is 18.0 Å². The first-order valence-corrected chi connectivity index (χ1v) is 11.8. The summed E-state index contributed by atoms with van der Waals surface area (Å²) in [6, 6.07) is 10.8. The Hall–Kier alpha value is -4.67. The number of carbonyl (C=O) groups is 1. The van der Waals surface area contributed by atoms with Crippen LogP contribution in [0.2, 0.25) is 0 Å². The van der Waals surface area contributed by atoms with Crippen LogP contribution in [0.15, 0.2) is 74.1 Å². The van der Waals surface area contributed by atoms with Gasteiger partial charge in [0.1, 0.15) is 11.6 Å². The smallest absolute Gasteiger partial charge is 0.369 e. The molecule has 1 fully saturated rings. The maximum atomic E-state index is 14.4. The highest BCUT2D eigenvalue weighted by molar-refractivity contribution is 5.87. The zero-order chi connectivity index (χ0) is 27.0. The van der Waals surface area contributed by atoms with E-state index in [0.717, 1.165) is 6.07 Å². The zero-order valence-electron chi connectivity index (χ0n) is 20.2. The highest BCUT2D eigenvalue weighted by atomic mass is 19.4. The molecule has 0 spiro atoms. The van der Waals surface area contributed by atoms with Crippen molar-refractivity contribution in [3.63, 3.8) is 0 Å². The summed E-state index contributed by atoms with van der Waals surface area (Å²) >= 11 is 0. The standard InChI is InChI=1S/C27H24F3N7O/c1-3-23(38)36-13-10-18(15-36)24-21-9-12-33-26(31)37(21)25(35-24)19-8-7-17(14-20(19)27(28,29)30)16(2)34-22-6-4-5-11-32-22/h3-9,11-12,14,18H,1-2,10,13,15H2,(H2,31,33)(H,32,34). The molecule has 0 bridgehead atoms. The fourth-order valence-electron chi connectivity index (χ4n) is 4.70. The van der Waals surface area contributed by atoms with E-state index in [-0.39, 0.29) is 40.4 Å². The van der Waals surface area contributed by atoms with E-state index in [1.165, 1.54) is 28.8 Å². The zero-order valence-corrected chi connectivity index (χ0v) is 20.2. The molecule has 0 saturated carbocycles. The fraction of sp³-hybridized carbons (Fsp3) is 0.185. The Morgan fingerprint density at radius 1 is 1.16 bits per heavy atom. The summed E-state index contributed by atoms with van der Waals surface area (Å²) in [6.07, 6.45) is 0.214. The van der Waals surface area contributed by atoms with Gasteiger partial charge in [-0.05, 0) is 48.4 Å². The lowest BCUT2D eigenvalue weighted by atomic mass is 10.0. The molecule has 8 nitrogen and oxygen atoms in total. The van der Waals surface area contributed by atoms with Crippen LogP contribution in [0.25, 0.3) is 22.6 Å². The van der Waals surface area contributed by atoms with Crippen molar-refractivity contribution in [3.8, 4) is 11.4 Å². The maximum Gasteiger partial charge on any atom is 0.417 e. The predicted molar refractivity (Wildman–Crippen MR) is 139 cm³/mol. The lowest BCUT2D eigenvalue weighted by molar-refractivity contribution is -0.137. The fourth-order valence-corrected chi connectivity index (χ4v) is 4.70. The molecular formula is C27H24F3N7O. The molecule has 194 valence electrons. The van der Waals surface area contributed by atoms with Gasteiger partial charge >= 0.3 is 6.18 Å². The number of imidazole rings is 1. The predicted octanol–water partition coefficient (Wildman–Crippen LogP) is 4.98. The van der Waals surface area contributed by atoms with Crippen LogP contribution in [0.4, 0.5) is 24.9 Å². The Labute approximate surface area is 216 Å². The number of nitrogen functional groups attached to an aromatic ring is 1. The van der Waals surface area contributed by atoms with Gasteiger partial charge in [-0.25, -0.2) is 15.0 Å². The van der Waals surface area contributed by atoms with Crippen molar-refractivity contribution in [2.24, 2.45) is 0 Å². The van der Waals surface area contributed by atoms with Crippen LogP contribution < -0.4 is 11.1 Å². The number of fused-ring (bicyclic) bond motifs is 1. The molecule has 3 aromatic heterocycles. The van der Waals surface area contributed by atoms with Crippen LogP contribution in [0, 0.1) is 0 Å². The highest BCUT2D eigenvalue weighted by Crippen LogP contribution is 2.41. The monoisotopic (exact) mass is 519 g/mol. The Bertz CT molecular complexity index is 1550. The molecule has 1 saturated heterocycles. The molecule has 38 heavy (non-hydrogen) atoms. The molecule has 1 atom stereocenters. The van der Waals surface area contributed by atoms with Crippen molar-refractivity contribution in [3.05, 3.63) is 90.9 Å². The van der Waals surface area contributed by atoms with Gasteiger partial charge in [-0.15, -0.1) is 0 Å². The lowest BCUT2D eigenvalue weighted by Crippen LogP contribution is -2.26. The summed E-state index contributed by atoms with van der Waals surface area (Å²) < 4.78 is 44.6. The third kappa shape index (κ3) is 4.58. The van der Waals surface area contributed by atoms with Crippen LogP contribution in [-0.4, -0.2) is 43.2 Å². The van der Waals surface area contributed by atoms with Crippen LogP contribution in [0.3, 0.4) is 0 Å². The van der Waals surface area contributed by atoms with E-state index in [0.29, 0.717) is 36.5 Å². The Morgan fingerprint density at radius 2 is 1.97 bits per heavy atom. The van der Waals surface area contributed by atoms with E-state index in [1.807, 2.05) is 0 Å². The molecular weight excluding hydrogens is 495 g/mol. The van der Waals surface area contributed by atoms with Gasteiger partial charge in [0.25, 0.3) is 0 Å². The molecule has 1 unspecified atom stereocenters. The van der Waals surface area contributed by atoms with Crippen molar-refractivity contribution in [1.82, 2.24) is 24.3 Å². The first-order chi connectivity index (χ1) is 18.2. The van der Waals surface area contributed by atoms with Gasteiger partial charge in [-0.2, -0.15) is 13.2 Å². The highest BCUT2D eigenvalue weighted by Gasteiger charge is 2.37. The second-order valence-electron chi connectivity index (χ2n) is 8.89. The van der Waals surface area contributed by atoms with Crippen LogP contribution in [0.5, 0.6) is 0 Å². The minimum absolute atomic E-state index is 0.00620. The number of rotatable bonds is 6. The largest absolute Gasteiger partial charge is 0.417 e. The molecule has 0 radical (unpaired) electrons. The number of carbonyl (C=O) groups excluding carboxylic acids is 1. The average Bonchev–Trinajstić information content (AvgIpc) is 3.54. The number of nitrogens with zero attached hydrogens (tertiary/aromatic N) is 5. The molecule has 4 aromatic rings. The lowest BCUT2D eigenvalue weighted by Gasteiger charge is -2.16. The van der Waals surface area contributed by atoms with Gasteiger partial charge in [-0.3, -0.25) is 9.20 Å². The molecule has 1 aliphatic heterocycles. The number of halogens is 3. The summed E-state index contributed by atoms with van der Waals surface area (Å²) in [6.45, 7) is 8.29. The number of hydrogen-bond donors (Lipinski definition) is 2. The van der Waals surface area contributed by atoms with E-state index in [2.05, 4.69) is 33.4 Å². The molecule has 11 heteroatoms. The second kappa shape index (κ2) is 9.66. The number of pyridine rings is 1. The number of anilines is 2. The third-order valence-electron chi connectivity index (χ3n) is 6.53. The van der Waals surface area contributed by atoms with E-state index in [1.54, 1.807) is 35.4 Å². The number of amides is 1. The van der Waals surface area contributed by atoms with Crippen LogP contribution >= 0.6 is 0 Å². The molecule has 1 aliphatic rings. The Kier molecular flexibility index (Phi) is 6.35. The number of likely N-dealkylation sites (tertiary alicyclic amines) is 1. The van der Waals surface area contributed by atoms with Crippen LogP contribution in [-0.2, 0) is 11.0 Å². The van der Waals surface area contributed by atoms with Crippen molar-refractivity contribution in [2.45, 2.75) is 18.5 Å². The number of hydrogen-bond acceptors (Lipinski definition) is 6. The number of nitrogens with one attached hydrogen (secondary N) is 1. The van der Waals surface area contributed by atoms with Crippen molar-refractivity contribution >= 4 is 28.9 Å². The van der Waals surface area contributed by atoms with Crippen LogP contribution in [0.1, 0.15) is 29.2 Å². The summed E-state index contributed by atoms with van der Waals surface area (Å²) in [5, 5.41) is 2.93. The SMILES string of the molecule is C=CC(=O)N1CCC(c2nc(-c3ccc(C(=C)Nc4ccccn4)cc3C(F)(F)F)n3c(N)nccc23)C1. The first-order valence-electron chi connectivity index (χ1n) is 11.8. The summed E-state index contributed by atoms with van der Waals surface area (Å²) in [5.74, 6) is 0.105. The normalized spacial score (nSPS) is 15.6. The van der Waals surface area contributed by atoms with Gasteiger partial charge < -0.3 is 16.0 Å². The number of alkyl halides is 3. The van der Waals surface area contributed by atoms with Crippen molar-refractivity contribution < 1.29 is 18.0 Å². The minimum atomic E-state index is -4.69. The maximum absolute atomic E-state index is 14.4. The van der Waals surface area contributed by atoms with Gasteiger partial charge in [0.15, 0.2) is 0 Å². The van der Waals surface area contributed by atoms with Gasteiger partial charge in [0, 0.05) is 42.7 Å². The van der Waals surface area contributed by atoms with E-state index >= 15 is 0 Å². The molecule has 5 rings (SSSR count). The third-order valence-corrected chi connectivity index (χ3v) is 6.53.